The second-order valence-corrected chi connectivity index (χ2v) is 10.8. The Balaban J connectivity index is 3.56. The second-order valence-electron chi connectivity index (χ2n) is 10.8. The summed E-state index contributed by atoms with van der Waals surface area (Å²) in [5.74, 6) is -2.58. The van der Waals surface area contributed by atoms with Gasteiger partial charge >= 0.3 is 23.9 Å². The molecule has 0 saturated heterocycles. The molecule has 6 nitrogen and oxygen atoms in total. The zero-order valence-electron chi connectivity index (χ0n) is 24.8. The van der Waals surface area contributed by atoms with Gasteiger partial charge in [-0.15, -0.1) is 0 Å². The minimum absolute atomic E-state index is 0.213. The summed E-state index contributed by atoms with van der Waals surface area (Å²) in [4.78, 5) is 47.2. The monoisotopic (exact) mass is 538 g/mol. The molecule has 0 spiro atoms. The Morgan fingerprint density at radius 2 is 0.526 bits per heavy atom. The smallest absolute Gasteiger partial charge is 0.314 e. The maximum atomic E-state index is 11.8. The van der Waals surface area contributed by atoms with Gasteiger partial charge < -0.3 is 9.47 Å². The van der Waals surface area contributed by atoms with E-state index in [2.05, 4.69) is 13.8 Å². The highest BCUT2D eigenvalue weighted by atomic mass is 16.6. The van der Waals surface area contributed by atoms with Gasteiger partial charge in [-0.25, -0.2) is 0 Å². The Labute approximate surface area is 233 Å². The number of hydrogen-bond donors (Lipinski definition) is 0. The molecule has 222 valence electrons. The fourth-order valence-electron chi connectivity index (χ4n) is 4.53. The number of hydrogen-bond acceptors (Lipinski definition) is 6. The second kappa shape index (κ2) is 28.3. The third-order valence-electron chi connectivity index (χ3n) is 6.96. The minimum atomic E-state index is -0.743. The third-order valence-corrected chi connectivity index (χ3v) is 6.96. The van der Waals surface area contributed by atoms with Gasteiger partial charge in [-0.3, -0.25) is 19.2 Å². The molecule has 0 rings (SSSR count). The normalized spacial score (nSPS) is 10.9. The van der Waals surface area contributed by atoms with E-state index in [9.17, 15) is 19.2 Å². The summed E-state index contributed by atoms with van der Waals surface area (Å²) >= 11 is 0. The van der Waals surface area contributed by atoms with Crippen molar-refractivity contribution < 1.29 is 28.7 Å². The lowest BCUT2D eigenvalue weighted by molar-refractivity contribution is -0.165. The summed E-state index contributed by atoms with van der Waals surface area (Å²) in [6.07, 6.45) is 26.1. The predicted octanol–water partition coefficient (Wildman–Crippen LogP) is 9.31. The molecule has 0 bridgehead atoms. The maximum absolute atomic E-state index is 11.8. The fourth-order valence-corrected chi connectivity index (χ4v) is 4.53. The number of rotatable bonds is 27. The van der Waals surface area contributed by atoms with Crippen LogP contribution in [0.4, 0.5) is 0 Å². The summed E-state index contributed by atoms with van der Waals surface area (Å²) < 4.78 is 9.54. The molecule has 0 heterocycles. The SMILES string of the molecule is CCCCCCCCCCCCCC(=O)OC(=O)CCC(=O)OC(=O)CCCCCCCCCCCCC. The predicted molar refractivity (Wildman–Crippen MR) is 154 cm³/mol. The van der Waals surface area contributed by atoms with Gasteiger partial charge in [-0.2, -0.15) is 0 Å². The number of carbonyl (C=O) groups is 4. The van der Waals surface area contributed by atoms with Crippen LogP contribution in [0.15, 0.2) is 0 Å². The summed E-state index contributed by atoms with van der Waals surface area (Å²) in [6.45, 7) is 4.46. The lowest BCUT2D eigenvalue weighted by Crippen LogP contribution is -2.16. The van der Waals surface area contributed by atoms with Crippen LogP contribution in [0.2, 0.25) is 0 Å². The Bertz CT molecular complexity index is 549. The number of carbonyl (C=O) groups excluding carboxylic acids is 4. The first-order valence-electron chi connectivity index (χ1n) is 16.0. The lowest BCUT2D eigenvalue weighted by atomic mass is 10.1. The molecule has 0 unspecified atom stereocenters. The van der Waals surface area contributed by atoms with Crippen molar-refractivity contribution in [1.29, 1.82) is 0 Å². The van der Waals surface area contributed by atoms with Crippen molar-refractivity contribution in [1.82, 2.24) is 0 Å². The largest absolute Gasteiger partial charge is 0.393 e. The van der Waals surface area contributed by atoms with E-state index >= 15 is 0 Å². The molecule has 0 saturated carbocycles. The molecular weight excluding hydrogens is 480 g/mol. The molecule has 0 aliphatic carbocycles. The summed E-state index contributed by atoms with van der Waals surface area (Å²) in [5.41, 5.74) is 0. The molecule has 6 heteroatoms. The van der Waals surface area contributed by atoms with Crippen molar-refractivity contribution in [2.45, 2.75) is 181 Å². The molecule has 0 aromatic carbocycles. The van der Waals surface area contributed by atoms with Gasteiger partial charge in [-0.1, -0.05) is 142 Å². The maximum Gasteiger partial charge on any atom is 0.314 e. The topological polar surface area (TPSA) is 86.7 Å². The molecule has 38 heavy (non-hydrogen) atoms. The van der Waals surface area contributed by atoms with E-state index in [4.69, 9.17) is 9.47 Å². The van der Waals surface area contributed by atoms with Gasteiger partial charge in [0, 0.05) is 12.8 Å². The average molecular weight is 539 g/mol. The Hall–Kier alpha value is -1.72. The number of ether oxygens (including phenoxy) is 2. The molecule has 0 fully saturated rings. The molecule has 0 atom stereocenters. The zero-order valence-corrected chi connectivity index (χ0v) is 24.8. The van der Waals surface area contributed by atoms with Crippen molar-refractivity contribution in [2.24, 2.45) is 0 Å². The van der Waals surface area contributed by atoms with Crippen molar-refractivity contribution in [2.75, 3.05) is 0 Å². The summed E-state index contributed by atoms with van der Waals surface area (Å²) in [7, 11) is 0. The van der Waals surface area contributed by atoms with Crippen LogP contribution in [-0.2, 0) is 28.7 Å². The highest BCUT2D eigenvalue weighted by Gasteiger charge is 2.15. The molecule has 0 aromatic heterocycles. The van der Waals surface area contributed by atoms with Gasteiger partial charge in [0.05, 0.1) is 12.8 Å². The van der Waals surface area contributed by atoms with Crippen molar-refractivity contribution in [3.05, 3.63) is 0 Å². The average Bonchev–Trinajstić information content (AvgIpc) is 2.89. The third kappa shape index (κ3) is 27.3. The van der Waals surface area contributed by atoms with E-state index in [-0.39, 0.29) is 25.7 Å². The van der Waals surface area contributed by atoms with Gasteiger partial charge in [0.15, 0.2) is 0 Å². The van der Waals surface area contributed by atoms with Gasteiger partial charge in [0.1, 0.15) is 0 Å². The molecule has 0 radical (unpaired) electrons. The van der Waals surface area contributed by atoms with Gasteiger partial charge in [0.25, 0.3) is 0 Å². The van der Waals surface area contributed by atoms with Crippen LogP contribution in [0, 0.1) is 0 Å². The molecule has 0 amide bonds. The van der Waals surface area contributed by atoms with Crippen molar-refractivity contribution >= 4 is 23.9 Å². The standard InChI is InChI=1S/C32H58O6/c1-3-5-7-9-11-13-15-17-19-21-23-25-29(33)37-31(35)27-28-32(36)38-30(34)26-24-22-20-18-16-14-12-10-8-6-4-2/h3-28H2,1-2H3. The van der Waals surface area contributed by atoms with Crippen LogP contribution in [-0.4, -0.2) is 23.9 Å². The molecule has 0 aromatic rings. The molecule has 0 aliphatic rings. The van der Waals surface area contributed by atoms with Crippen molar-refractivity contribution in [3.8, 4) is 0 Å². The highest BCUT2D eigenvalue weighted by molar-refractivity contribution is 5.89. The molecular formula is C32H58O6. The van der Waals surface area contributed by atoms with E-state index in [0.29, 0.717) is 12.8 Å². The number of esters is 4. The fraction of sp³-hybridized carbons (Fsp3) is 0.875. The Morgan fingerprint density at radius 3 is 0.789 bits per heavy atom. The van der Waals surface area contributed by atoms with Crippen LogP contribution in [0.5, 0.6) is 0 Å². The summed E-state index contributed by atoms with van der Waals surface area (Å²) in [5, 5.41) is 0. The first-order valence-corrected chi connectivity index (χ1v) is 16.0. The van der Waals surface area contributed by atoms with Gasteiger partial charge in [0.2, 0.25) is 0 Å². The first kappa shape index (κ1) is 36.3. The van der Waals surface area contributed by atoms with Crippen LogP contribution in [0.3, 0.4) is 0 Å². The van der Waals surface area contributed by atoms with E-state index in [0.717, 1.165) is 25.7 Å². The first-order chi connectivity index (χ1) is 18.5. The minimum Gasteiger partial charge on any atom is -0.393 e. The zero-order chi connectivity index (χ0) is 28.1. The highest BCUT2D eigenvalue weighted by Crippen LogP contribution is 2.13. The quantitative estimate of drug-likeness (QED) is 0.0588. The summed E-state index contributed by atoms with van der Waals surface area (Å²) in [6, 6.07) is 0. The van der Waals surface area contributed by atoms with E-state index < -0.39 is 23.9 Å². The van der Waals surface area contributed by atoms with E-state index in [1.165, 1.54) is 103 Å². The van der Waals surface area contributed by atoms with Crippen LogP contribution in [0.25, 0.3) is 0 Å². The Kier molecular flexibility index (Phi) is 27.0. The number of unbranched alkanes of at least 4 members (excludes halogenated alkanes) is 20. The molecule has 0 aliphatic heterocycles. The van der Waals surface area contributed by atoms with E-state index in [1.54, 1.807) is 0 Å². The Morgan fingerprint density at radius 1 is 0.316 bits per heavy atom. The van der Waals surface area contributed by atoms with E-state index in [1.807, 2.05) is 0 Å². The molecule has 0 N–H and O–H groups in total. The van der Waals surface area contributed by atoms with Crippen molar-refractivity contribution in [3.63, 3.8) is 0 Å². The lowest BCUT2D eigenvalue weighted by Gasteiger charge is -2.05. The van der Waals surface area contributed by atoms with Crippen LogP contribution < -0.4 is 0 Å². The van der Waals surface area contributed by atoms with Crippen LogP contribution >= 0.6 is 0 Å². The van der Waals surface area contributed by atoms with Crippen LogP contribution in [0.1, 0.15) is 181 Å². The van der Waals surface area contributed by atoms with Gasteiger partial charge in [-0.05, 0) is 12.8 Å².